The fourth-order valence-electron chi connectivity index (χ4n) is 1.20. The van der Waals surface area contributed by atoms with Crippen LogP contribution in [0.15, 0.2) is 11.6 Å². The second-order valence-electron chi connectivity index (χ2n) is 3.19. The first-order chi connectivity index (χ1) is 7.15. The van der Waals surface area contributed by atoms with E-state index in [4.69, 9.17) is 11.6 Å². The van der Waals surface area contributed by atoms with Crippen molar-refractivity contribution in [1.29, 1.82) is 0 Å². The number of aryl methyl sites for hydroxylation is 1. The molecule has 0 saturated heterocycles. The predicted molar refractivity (Wildman–Crippen MR) is 60.2 cm³/mol. The third-order valence-corrected chi connectivity index (χ3v) is 3.12. The smallest absolute Gasteiger partial charge is 0.186 e. The summed E-state index contributed by atoms with van der Waals surface area (Å²) >= 11 is 7.26. The third-order valence-electron chi connectivity index (χ3n) is 1.84. The van der Waals surface area contributed by atoms with Crippen molar-refractivity contribution in [3.05, 3.63) is 22.4 Å². The average molecular weight is 244 g/mol. The number of hydrogen-bond donors (Lipinski definition) is 0. The molecule has 0 unspecified atom stereocenters. The summed E-state index contributed by atoms with van der Waals surface area (Å²) in [5.74, 6) is 0. The van der Waals surface area contributed by atoms with Crippen molar-refractivity contribution in [2.75, 3.05) is 11.9 Å². The molecular weight excluding hydrogens is 234 g/mol. The molecule has 2 rings (SSSR count). The highest BCUT2D eigenvalue weighted by Gasteiger charge is 2.08. The van der Waals surface area contributed by atoms with E-state index in [2.05, 4.69) is 15.3 Å². The number of halogens is 1. The maximum atomic E-state index is 5.75. The van der Waals surface area contributed by atoms with E-state index in [9.17, 15) is 0 Å². The minimum absolute atomic E-state index is 0.529. The summed E-state index contributed by atoms with van der Waals surface area (Å²) in [5, 5.41) is 11.1. The largest absolute Gasteiger partial charge is 0.345 e. The summed E-state index contributed by atoms with van der Waals surface area (Å²) in [6.07, 6.45) is 1.88. The van der Waals surface area contributed by atoms with Crippen molar-refractivity contribution in [3.8, 4) is 0 Å². The zero-order valence-corrected chi connectivity index (χ0v) is 9.96. The van der Waals surface area contributed by atoms with Crippen LogP contribution < -0.4 is 4.90 Å². The van der Waals surface area contributed by atoms with E-state index in [1.807, 2.05) is 30.6 Å². The van der Waals surface area contributed by atoms with Crippen LogP contribution in [0.25, 0.3) is 0 Å². The van der Waals surface area contributed by atoms with E-state index < -0.39 is 0 Å². The van der Waals surface area contributed by atoms with Gasteiger partial charge in [-0.1, -0.05) is 16.8 Å². The second-order valence-corrected chi connectivity index (χ2v) is 4.42. The van der Waals surface area contributed by atoms with Crippen LogP contribution >= 0.6 is 22.9 Å². The molecule has 15 heavy (non-hydrogen) atoms. The van der Waals surface area contributed by atoms with Gasteiger partial charge in [0.05, 0.1) is 6.54 Å². The van der Waals surface area contributed by atoms with Gasteiger partial charge in [0.2, 0.25) is 0 Å². The first kappa shape index (κ1) is 10.4. The Morgan fingerprint density at radius 2 is 2.40 bits per heavy atom. The quantitative estimate of drug-likeness (QED) is 0.821. The van der Waals surface area contributed by atoms with E-state index in [1.54, 1.807) is 4.68 Å². The molecule has 2 heterocycles. The van der Waals surface area contributed by atoms with Crippen molar-refractivity contribution >= 4 is 28.1 Å². The Balaban J connectivity index is 2.06. The molecule has 80 valence electrons. The maximum Gasteiger partial charge on any atom is 0.186 e. The van der Waals surface area contributed by atoms with Crippen molar-refractivity contribution in [1.82, 2.24) is 20.0 Å². The Morgan fingerprint density at radius 1 is 1.60 bits per heavy atom. The van der Waals surface area contributed by atoms with Gasteiger partial charge in [-0.25, -0.2) is 4.98 Å². The Hall–Kier alpha value is -1.14. The number of hydrogen-bond acceptors (Lipinski definition) is 5. The van der Waals surface area contributed by atoms with Gasteiger partial charge >= 0.3 is 0 Å². The van der Waals surface area contributed by atoms with E-state index in [1.165, 1.54) is 11.3 Å². The van der Waals surface area contributed by atoms with Crippen LogP contribution in [0, 0.1) is 0 Å². The molecule has 7 heteroatoms. The Bertz CT molecular complexity index is 451. The summed E-state index contributed by atoms with van der Waals surface area (Å²) in [7, 11) is 3.79. The number of thiazole rings is 1. The molecule has 2 aromatic rings. The SMILES string of the molecule is CN(Cc1cn(C)nn1)c1nc(Cl)cs1. The van der Waals surface area contributed by atoms with Crippen molar-refractivity contribution in [2.45, 2.75) is 6.54 Å². The Labute approximate surface area is 96.3 Å². The van der Waals surface area contributed by atoms with Gasteiger partial charge in [0.25, 0.3) is 0 Å². The molecule has 0 aliphatic carbocycles. The van der Waals surface area contributed by atoms with Crippen molar-refractivity contribution < 1.29 is 0 Å². The maximum absolute atomic E-state index is 5.75. The summed E-state index contributed by atoms with van der Waals surface area (Å²) in [6.45, 7) is 0.678. The van der Waals surface area contributed by atoms with Gasteiger partial charge in [-0.15, -0.1) is 16.4 Å². The highest BCUT2D eigenvalue weighted by Crippen LogP contribution is 2.22. The van der Waals surface area contributed by atoms with Crippen LogP contribution in [-0.4, -0.2) is 27.0 Å². The van der Waals surface area contributed by atoms with Crippen LogP contribution in [0.1, 0.15) is 5.69 Å². The molecule has 0 radical (unpaired) electrons. The van der Waals surface area contributed by atoms with Crippen molar-refractivity contribution in [2.24, 2.45) is 7.05 Å². The highest BCUT2D eigenvalue weighted by atomic mass is 35.5. The fraction of sp³-hybridized carbons (Fsp3) is 0.375. The lowest BCUT2D eigenvalue weighted by Crippen LogP contribution is -2.16. The van der Waals surface area contributed by atoms with Crippen LogP contribution in [0.2, 0.25) is 5.15 Å². The molecule has 0 saturated carbocycles. The molecule has 0 N–H and O–H groups in total. The topological polar surface area (TPSA) is 46.8 Å². The lowest BCUT2D eigenvalue weighted by Gasteiger charge is -2.12. The fourth-order valence-corrected chi connectivity index (χ4v) is 2.11. The van der Waals surface area contributed by atoms with Gasteiger partial charge in [0.1, 0.15) is 10.8 Å². The number of anilines is 1. The van der Waals surface area contributed by atoms with E-state index in [0.717, 1.165) is 10.8 Å². The molecule has 0 spiro atoms. The molecule has 2 aromatic heterocycles. The lowest BCUT2D eigenvalue weighted by atomic mass is 10.4. The van der Waals surface area contributed by atoms with Gasteiger partial charge in [0, 0.05) is 25.7 Å². The molecule has 0 fully saturated rings. The van der Waals surface area contributed by atoms with Crippen LogP contribution in [0.3, 0.4) is 0 Å². The summed E-state index contributed by atoms with van der Waals surface area (Å²) in [4.78, 5) is 6.16. The van der Waals surface area contributed by atoms with Gasteiger partial charge in [0.15, 0.2) is 5.13 Å². The third kappa shape index (κ3) is 2.45. The first-order valence-corrected chi connectivity index (χ1v) is 5.58. The molecule has 0 aliphatic heterocycles. The van der Waals surface area contributed by atoms with E-state index in [0.29, 0.717) is 11.7 Å². The average Bonchev–Trinajstić information content (AvgIpc) is 2.75. The van der Waals surface area contributed by atoms with Crippen LogP contribution in [0.4, 0.5) is 5.13 Å². The monoisotopic (exact) mass is 243 g/mol. The molecule has 0 amide bonds. The van der Waals surface area contributed by atoms with Crippen LogP contribution in [0.5, 0.6) is 0 Å². The molecular formula is C8H10ClN5S. The summed E-state index contributed by atoms with van der Waals surface area (Å²) in [5.41, 5.74) is 0.909. The van der Waals surface area contributed by atoms with Gasteiger partial charge < -0.3 is 4.90 Å². The standard InChI is InChI=1S/C8H10ClN5S/c1-13(8-10-7(9)5-15-8)3-6-4-14(2)12-11-6/h4-5H,3H2,1-2H3. The van der Waals surface area contributed by atoms with Crippen molar-refractivity contribution in [3.63, 3.8) is 0 Å². The minimum Gasteiger partial charge on any atom is -0.345 e. The molecule has 5 nitrogen and oxygen atoms in total. The Morgan fingerprint density at radius 3 is 2.93 bits per heavy atom. The van der Waals surface area contributed by atoms with Gasteiger partial charge in [-0.2, -0.15) is 0 Å². The zero-order chi connectivity index (χ0) is 10.8. The first-order valence-electron chi connectivity index (χ1n) is 4.32. The number of rotatable bonds is 3. The van der Waals surface area contributed by atoms with E-state index in [-0.39, 0.29) is 0 Å². The normalized spacial score (nSPS) is 10.6. The number of aromatic nitrogens is 4. The van der Waals surface area contributed by atoms with Crippen LogP contribution in [-0.2, 0) is 13.6 Å². The highest BCUT2D eigenvalue weighted by molar-refractivity contribution is 7.14. The van der Waals surface area contributed by atoms with Gasteiger partial charge in [-0.05, 0) is 0 Å². The van der Waals surface area contributed by atoms with E-state index >= 15 is 0 Å². The Kier molecular flexibility index (Phi) is 2.88. The summed E-state index contributed by atoms with van der Waals surface area (Å²) < 4.78 is 1.68. The minimum atomic E-state index is 0.529. The zero-order valence-electron chi connectivity index (χ0n) is 8.38. The molecule has 0 atom stereocenters. The lowest BCUT2D eigenvalue weighted by molar-refractivity contribution is 0.712. The van der Waals surface area contributed by atoms with Gasteiger partial charge in [-0.3, -0.25) is 4.68 Å². The molecule has 0 bridgehead atoms. The summed E-state index contributed by atoms with van der Waals surface area (Å²) in [6, 6.07) is 0. The number of nitrogens with zero attached hydrogens (tertiary/aromatic N) is 5. The molecule has 0 aliphatic rings. The molecule has 0 aromatic carbocycles. The predicted octanol–water partition coefficient (Wildman–Crippen LogP) is 1.56. The second kappa shape index (κ2) is 4.16.